The second-order valence-electron chi connectivity index (χ2n) is 11.9. The van der Waals surface area contributed by atoms with Crippen LogP contribution < -0.4 is 21.6 Å². The van der Waals surface area contributed by atoms with Gasteiger partial charge >= 0.3 is 26.2 Å². The molecule has 2 heterocycles. The summed E-state index contributed by atoms with van der Waals surface area (Å²) in [4.78, 5) is 70.8. The fourth-order valence-corrected chi connectivity index (χ4v) is 6.02. The van der Waals surface area contributed by atoms with Gasteiger partial charge in [0.2, 0.25) is 0 Å². The predicted molar refractivity (Wildman–Crippen MR) is 199 cm³/mol. The van der Waals surface area contributed by atoms with Gasteiger partial charge in [-0.05, 0) is 58.1 Å². The minimum absolute atomic E-state index is 0.0457. The molecule has 8 rings (SSSR count). The number of rotatable bonds is 5. The van der Waals surface area contributed by atoms with E-state index in [4.69, 9.17) is 15.8 Å². The molecule has 0 spiro atoms. The first-order valence-corrected chi connectivity index (χ1v) is 15.9. The maximum atomic E-state index is 13.0. The molecule has 2 aliphatic heterocycles. The van der Waals surface area contributed by atoms with E-state index in [2.05, 4.69) is 4.74 Å². The minimum Gasteiger partial charge on any atom is -0.423 e. The van der Waals surface area contributed by atoms with E-state index in [1.807, 2.05) is 0 Å². The van der Waals surface area contributed by atoms with E-state index < -0.39 is 47.8 Å². The van der Waals surface area contributed by atoms with E-state index in [-0.39, 0.29) is 44.8 Å². The van der Waals surface area contributed by atoms with E-state index in [1.54, 1.807) is 48.5 Å². The fourth-order valence-electron chi connectivity index (χ4n) is 6.02. The van der Waals surface area contributed by atoms with Crippen LogP contribution in [0.25, 0.3) is 21.5 Å². The molecular formula is C36H24B2N4O13. The molecule has 55 heavy (non-hydrogen) atoms. The number of carbonyl (C=O) groups is 4. The van der Waals surface area contributed by atoms with E-state index in [0.29, 0.717) is 32.7 Å². The molecule has 0 unspecified atom stereocenters. The van der Waals surface area contributed by atoms with Crippen LogP contribution in [0.1, 0.15) is 41.4 Å². The molecule has 17 nitrogen and oxygen atoms in total. The summed E-state index contributed by atoms with van der Waals surface area (Å²) in [5, 5.41) is 59.7. The second kappa shape index (κ2) is 15.0. The highest BCUT2D eigenvalue weighted by Gasteiger charge is 2.36. The zero-order chi connectivity index (χ0) is 39.7. The molecule has 6 aromatic rings. The Kier molecular flexibility index (Phi) is 10.2. The largest absolute Gasteiger partial charge is 0.488 e. The van der Waals surface area contributed by atoms with Crippen LogP contribution in [0.4, 0.5) is 22.7 Å². The SMILES string of the molecule is Nc1cccc(B(O)O)c1.O=C1OC(=O)c2cc([N+](=O)[O-])cc3cccc1c23.O=C1c2cccc3cc([N+](=O)[O-])cc(c23)C(=O)N1c1cccc(B(O)O)c1. The van der Waals surface area contributed by atoms with Gasteiger partial charge in [0.15, 0.2) is 0 Å². The van der Waals surface area contributed by atoms with Gasteiger partial charge in [-0.15, -0.1) is 0 Å². The number of nitro benzene ring substituents is 2. The first kappa shape index (κ1) is 37.4. The van der Waals surface area contributed by atoms with Crippen molar-refractivity contribution in [1.29, 1.82) is 0 Å². The van der Waals surface area contributed by atoms with Crippen molar-refractivity contribution in [3.63, 3.8) is 0 Å². The summed E-state index contributed by atoms with van der Waals surface area (Å²) in [6, 6.07) is 26.6. The van der Waals surface area contributed by atoms with Crippen molar-refractivity contribution in [3.8, 4) is 0 Å². The van der Waals surface area contributed by atoms with Crippen LogP contribution >= 0.6 is 0 Å². The van der Waals surface area contributed by atoms with Crippen molar-refractivity contribution in [2.24, 2.45) is 0 Å². The topological polar surface area (TPSA) is 274 Å². The third-order valence-electron chi connectivity index (χ3n) is 8.47. The highest BCUT2D eigenvalue weighted by molar-refractivity contribution is 6.59. The van der Waals surface area contributed by atoms with Gasteiger partial charge in [-0.25, -0.2) is 14.5 Å². The number of ether oxygens (including phenoxy) is 1. The molecular weight excluding hydrogens is 718 g/mol. The monoisotopic (exact) mass is 742 g/mol. The third-order valence-corrected chi connectivity index (χ3v) is 8.47. The van der Waals surface area contributed by atoms with Crippen LogP contribution in [0.2, 0.25) is 0 Å². The Morgan fingerprint density at radius 2 is 1.04 bits per heavy atom. The normalized spacial score (nSPS) is 12.6. The van der Waals surface area contributed by atoms with Gasteiger partial charge in [0, 0.05) is 46.3 Å². The lowest BCUT2D eigenvalue weighted by atomic mass is 9.80. The number of nitrogens with zero attached hydrogens (tertiary/aromatic N) is 3. The number of anilines is 2. The maximum absolute atomic E-state index is 13.0. The van der Waals surface area contributed by atoms with Gasteiger partial charge in [0.1, 0.15) is 0 Å². The fraction of sp³-hybridized carbons (Fsp3) is 0. The number of carbonyl (C=O) groups excluding carboxylic acids is 4. The van der Waals surface area contributed by atoms with Crippen molar-refractivity contribution in [2.75, 3.05) is 10.6 Å². The van der Waals surface area contributed by atoms with Crippen molar-refractivity contribution in [3.05, 3.63) is 152 Å². The van der Waals surface area contributed by atoms with E-state index in [1.165, 1.54) is 48.5 Å². The Morgan fingerprint density at radius 1 is 0.564 bits per heavy atom. The number of imide groups is 1. The number of nitro groups is 2. The van der Waals surface area contributed by atoms with Gasteiger partial charge in [-0.1, -0.05) is 48.5 Å². The number of esters is 2. The molecule has 272 valence electrons. The first-order valence-electron chi connectivity index (χ1n) is 15.9. The molecule has 0 bridgehead atoms. The molecule has 0 fully saturated rings. The molecule has 2 amide bonds. The number of cyclic esters (lactones) is 2. The zero-order valence-corrected chi connectivity index (χ0v) is 27.9. The summed E-state index contributed by atoms with van der Waals surface area (Å²) in [5.41, 5.74) is 6.70. The number of hydrogen-bond acceptors (Lipinski definition) is 14. The molecule has 0 radical (unpaired) electrons. The van der Waals surface area contributed by atoms with Crippen LogP contribution in [-0.2, 0) is 4.74 Å². The Balaban J connectivity index is 0.000000157. The maximum Gasteiger partial charge on any atom is 0.488 e. The van der Waals surface area contributed by atoms with Crippen LogP contribution in [0, 0.1) is 20.2 Å². The molecule has 0 saturated heterocycles. The number of hydrogen-bond donors (Lipinski definition) is 5. The molecule has 6 aromatic carbocycles. The van der Waals surface area contributed by atoms with Crippen LogP contribution in [0.5, 0.6) is 0 Å². The predicted octanol–water partition coefficient (Wildman–Crippen LogP) is 2.24. The van der Waals surface area contributed by atoms with E-state index >= 15 is 0 Å². The number of amides is 2. The lowest BCUT2D eigenvalue weighted by molar-refractivity contribution is -0.384. The van der Waals surface area contributed by atoms with Gasteiger partial charge in [0.25, 0.3) is 23.2 Å². The molecule has 0 aliphatic carbocycles. The summed E-state index contributed by atoms with van der Waals surface area (Å²) in [7, 11) is -3.19. The summed E-state index contributed by atoms with van der Waals surface area (Å²) >= 11 is 0. The summed E-state index contributed by atoms with van der Waals surface area (Å²) in [5.74, 6) is -2.88. The van der Waals surface area contributed by atoms with Crippen LogP contribution in [-0.4, -0.2) is 67.9 Å². The van der Waals surface area contributed by atoms with E-state index in [0.717, 1.165) is 17.0 Å². The second-order valence-corrected chi connectivity index (χ2v) is 11.9. The number of non-ortho nitro benzene ring substituents is 2. The van der Waals surface area contributed by atoms with Crippen LogP contribution in [0.15, 0.2) is 109 Å². The van der Waals surface area contributed by atoms with Crippen molar-refractivity contribution in [2.45, 2.75) is 0 Å². The molecule has 19 heteroatoms. The van der Waals surface area contributed by atoms with Gasteiger partial charge in [-0.2, -0.15) is 0 Å². The Morgan fingerprint density at radius 3 is 1.58 bits per heavy atom. The standard InChI is InChI=1S/C18H11BN2O6.C12H5NO5.C6H8BNO2/c22-17-14-6-1-3-10-7-13(21(26)27)9-15(16(10)14)18(23)20(17)12-5-2-4-11(8-12)19(24)25;14-11-8-3-1-2-6-4-7(13(16)17)5-9(10(6)8)12(15)18-11;8-6-3-1-2-5(4-6)7(9)10/h1-9,24-25H;1-5H;1-4,9-10H,8H2. The minimum atomic E-state index is -1.77. The quantitative estimate of drug-likeness (QED) is 0.0322. The van der Waals surface area contributed by atoms with Gasteiger partial charge in [0.05, 0.1) is 32.2 Å². The smallest absolute Gasteiger partial charge is 0.423 e. The molecule has 0 atom stereocenters. The summed E-state index contributed by atoms with van der Waals surface area (Å²) in [6.45, 7) is 0. The molecule has 0 aromatic heterocycles. The average Bonchev–Trinajstić information content (AvgIpc) is 3.16. The van der Waals surface area contributed by atoms with Gasteiger partial charge < -0.3 is 30.6 Å². The van der Waals surface area contributed by atoms with Crippen molar-refractivity contribution in [1.82, 2.24) is 0 Å². The number of benzene rings is 6. The first-order chi connectivity index (χ1) is 26.2. The zero-order valence-electron chi connectivity index (χ0n) is 27.9. The Labute approximate surface area is 309 Å². The number of nitrogen functional groups attached to an aromatic ring is 1. The molecule has 6 N–H and O–H groups in total. The molecule has 0 saturated carbocycles. The Bertz CT molecular complexity index is 2620. The average molecular weight is 742 g/mol. The summed E-state index contributed by atoms with van der Waals surface area (Å²) < 4.78 is 4.54. The lowest BCUT2D eigenvalue weighted by Crippen LogP contribution is -2.41. The third kappa shape index (κ3) is 7.34. The lowest BCUT2D eigenvalue weighted by Gasteiger charge is -2.27. The summed E-state index contributed by atoms with van der Waals surface area (Å²) in [6.07, 6.45) is 0. The molecule has 2 aliphatic rings. The number of nitrogens with two attached hydrogens (primary N) is 1. The van der Waals surface area contributed by atoms with Crippen LogP contribution in [0.3, 0.4) is 0 Å². The Hall–Kier alpha value is -7.31. The highest BCUT2D eigenvalue weighted by atomic mass is 16.6. The van der Waals surface area contributed by atoms with Crippen molar-refractivity contribution < 1.29 is 53.9 Å². The van der Waals surface area contributed by atoms with Crippen molar-refractivity contribution >= 4 is 93.2 Å². The van der Waals surface area contributed by atoms with E-state index in [9.17, 15) is 49.5 Å². The highest BCUT2D eigenvalue weighted by Crippen LogP contribution is 2.36. The van der Waals surface area contributed by atoms with Gasteiger partial charge in [-0.3, -0.25) is 29.8 Å².